The number of carbonyl (C=O) groups excluding carboxylic acids is 1. The minimum absolute atomic E-state index is 0.203. The van der Waals surface area contributed by atoms with Crippen LogP contribution in [0.25, 0.3) is 0 Å². The maximum absolute atomic E-state index is 13.3. The second kappa shape index (κ2) is 8.51. The smallest absolute Gasteiger partial charge is 0.235 e. The molecule has 0 bridgehead atoms. The van der Waals surface area contributed by atoms with E-state index in [1.165, 1.54) is 0 Å². The summed E-state index contributed by atoms with van der Waals surface area (Å²) in [5, 5.41) is 2.87. The van der Waals surface area contributed by atoms with Crippen molar-refractivity contribution in [2.45, 2.75) is 24.2 Å². The summed E-state index contributed by atoms with van der Waals surface area (Å²) in [5.74, 6) is -0.710. The molecule has 3 aromatic rings. The van der Waals surface area contributed by atoms with Gasteiger partial charge in [0.25, 0.3) is 0 Å². The first-order valence-electron chi connectivity index (χ1n) is 9.13. The number of sulfone groups is 1. The van der Waals surface area contributed by atoms with E-state index in [0.29, 0.717) is 11.3 Å². The first-order valence-corrected chi connectivity index (χ1v) is 11.6. The van der Waals surface area contributed by atoms with E-state index in [4.69, 9.17) is 0 Å². The molecule has 0 heterocycles. The standard InChI is InChI=1S/C23H22BrNO3S/c1-17-8-10-18(11-9-17)23(2,16-29(27,28)21-6-4-3-5-7-21)22(26)25-20-14-12-19(24)13-15-20/h3-15H,16H2,1-2H3,(H,25,26)/t23-/m1/s1. The van der Waals surface area contributed by atoms with Crippen LogP contribution in [0.15, 0.2) is 88.2 Å². The largest absolute Gasteiger partial charge is 0.325 e. The Morgan fingerprint density at radius 3 is 2.10 bits per heavy atom. The maximum Gasteiger partial charge on any atom is 0.235 e. The quantitative estimate of drug-likeness (QED) is 0.541. The number of hydrogen-bond donors (Lipinski definition) is 1. The summed E-state index contributed by atoms with van der Waals surface area (Å²) >= 11 is 3.37. The minimum atomic E-state index is -3.69. The van der Waals surface area contributed by atoms with Crippen LogP contribution in [-0.2, 0) is 20.0 Å². The predicted molar refractivity (Wildman–Crippen MR) is 120 cm³/mol. The third-order valence-corrected chi connectivity index (χ3v) is 7.35. The Balaban J connectivity index is 2.00. The van der Waals surface area contributed by atoms with Crippen molar-refractivity contribution in [1.82, 2.24) is 0 Å². The fourth-order valence-electron chi connectivity index (χ4n) is 3.09. The van der Waals surface area contributed by atoms with E-state index in [0.717, 1.165) is 10.0 Å². The summed E-state index contributed by atoms with van der Waals surface area (Å²) in [5.41, 5.74) is 1.02. The highest BCUT2D eigenvalue weighted by Crippen LogP contribution is 2.30. The van der Waals surface area contributed by atoms with Gasteiger partial charge in [-0.15, -0.1) is 0 Å². The molecule has 0 unspecified atom stereocenters. The first kappa shape index (κ1) is 21.3. The molecule has 1 atom stereocenters. The van der Waals surface area contributed by atoms with Crippen LogP contribution in [0.1, 0.15) is 18.1 Å². The molecule has 150 valence electrons. The molecular formula is C23H22BrNO3S. The normalized spacial score (nSPS) is 13.5. The molecule has 1 amide bonds. The first-order chi connectivity index (χ1) is 13.7. The molecule has 29 heavy (non-hydrogen) atoms. The summed E-state index contributed by atoms with van der Waals surface area (Å²) in [6.07, 6.45) is 0. The van der Waals surface area contributed by atoms with E-state index >= 15 is 0 Å². The topological polar surface area (TPSA) is 63.2 Å². The number of benzene rings is 3. The number of carbonyl (C=O) groups is 1. The number of anilines is 1. The average Bonchev–Trinajstić information content (AvgIpc) is 2.70. The van der Waals surface area contributed by atoms with Crippen LogP contribution in [0, 0.1) is 6.92 Å². The summed E-state index contributed by atoms with van der Waals surface area (Å²) in [4.78, 5) is 13.5. The van der Waals surface area contributed by atoms with Crippen molar-refractivity contribution in [2.75, 3.05) is 11.1 Å². The molecule has 0 radical (unpaired) electrons. The second-order valence-electron chi connectivity index (χ2n) is 7.23. The molecule has 6 heteroatoms. The molecule has 1 N–H and O–H groups in total. The molecule has 0 aliphatic heterocycles. The lowest BCUT2D eigenvalue weighted by atomic mass is 9.83. The van der Waals surface area contributed by atoms with Gasteiger partial charge < -0.3 is 5.32 Å². The Hall–Kier alpha value is -2.44. The summed E-state index contributed by atoms with van der Waals surface area (Å²) in [6, 6.07) is 22.8. The van der Waals surface area contributed by atoms with E-state index in [1.807, 2.05) is 43.3 Å². The van der Waals surface area contributed by atoms with E-state index in [2.05, 4.69) is 21.2 Å². The van der Waals surface area contributed by atoms with Crippen LogP contribution in [0.4, 0.5) is 5.69 Å². The number of nitrogens with one attached hydrogen (secondary N) is 1. The Labute approximate surface area is 180 Å². The lowest BCUT2D eigenvalue weighted by Gasteiger charge is -2.29. The van der Waals surface area contributed by atoms with Gasteiger partial charge in [-0.2, -0.15) is 0 Å². The summed E-state index contributed by atoms with van der Waals surface area (Å²) in [7, 11) is -3.69. The van der Waals surface area contributed by atoms with Crippen molar-refractivity contribution >= 4 is 37.4 Å². The molecule has 3 rings (SSSR count). The van der Waals surface area contributed by atoms with Crippen molar-refractivity contribution in [2.24, 2.45) is 0 Å². The van der Waals surface area contributed by atoms with E-state index < -0.39 is 15.3 Å². The van der Waals surface area contributed by atoms with Gasteiger partial charge in [-0.05, 0) is 55.8 Å². The monoisotopic (exact) mass is 471 g/mol. The second-order valence-corrected chi connectivity index (χ2v) is 10.1. The van der Waals surface area contributed by atoms with Crippen molar-refractivity contribution in [1.29, 1.82) is 0 Å². The number of halogens is 1. The van der Waals surface area contributed by atoms with E-state index in [9.17, 15) is 13.2 Å². The lowest BCUT2D eigenvalue weighted by Crippen LogP contribution is -2.43. The van der Waals surface area contributed by atoms with Crippen LogP contribution in [0.3, 0.4) is 0 Å². The van der Waals surface area contributed by atoms with Crippen LogP contribution < -0.4 is 5.32 Å². The van der Waals surface area contributed by atoms with Gasteiger partial charge in [0, 0.05) is 10.2 Å². The van der Waals surface area contributed by atoms with Gasteiger partial charge in [-0.25, -0.2) is 8.42 Å². The number of amides is 1. The van der Waals surface area contributed by atoms with Gasteiger partial charge in [0.2, 0.25) is 5.91 Å². The van der Waals surface area contributed by atoms with Crippen LogP contribution >= 0.6 is 15.9 Å². The highest BCUT2D eigenvalue weighted by atomic mass is 79.9. The van der Waals surface area contributed by atoms with Crippen LogP contribution in [0.2, 0.25) is 0 Å². The number of hydrogen-bond acceptors (Lipinski definition) is 3. The molecule has 0 fully saturated rings. The molecule has 0 spiro atoms. The zero-order chi connectivity index (χ0) is 21.1. The van der Waals surface area contributed by atoms with Crippen LogP contribution in [-0.4, -0.2) is 20.1 Å². The third kappa shape index (κ3) is 4.95. The van der Waals surface area contributed by atoms with Crippen molar-refractivity contribution in [3.05, 3.63) is 94.5 Å². The fourth-order valence-corrected chi connectivity index (χ4v) is 5.16. The molecule has 0 aliphatic rings. The molecule has 0 aliphatic carbocycles. The van der Waals surface area contributed by atoms with Gasteiger partial charge >= 0.3 is 0 Å². The van der Waals surface area contributed by atoms with Gasteiger partial charge in [-0.3, -0.25) is 4.79 Å². The maximum atomic E-state index is 13.3. The Kier molecular flexibility index (Phi) is 6.24. The summed E-state index contributed by atoms with van der Waals surface area (Å²) in [6.45, 7) is 3.62. The lowest BCUT2D eigenvalue weighted by molar-refractivity contribution is -0.120. The molecule has 0 saturated heterocycles. The van der Waals surface area contributed by atoms with Crippen molar-refractivity contribution < 1.29 is 13.2 Å². The molecule has 3 aromatic carbocycles. The number of rotatable bonds is 6. The van der Waals surface area contributed by atoms with Crippen LogP contribution in [0.5, 0.6) is 0 Å². The number of aryl methyl sites for hydroxylation is 1. The SMILES string of the molecule is Cc1ccc([C@@](C)(CS(=O)(=O)c2ccccc2)C(=O)Nc2ccc(Br)cc2)cc1. The molecule has 0 saturated carbocycles. The minimum Gasteiger partial charge on any atom is -0.325 e. The fraction of sp³-hybridized carbons (Fsp3) is 0.174. The Morgan fingerprint density at radius 1 is 0.931 bits per heavy atom. The van der Waals surface area contributed by atoms with Crippen molar-refractivity contribution in [3.8, 4) is 0 Å². The van der Waals surface area contributed by atoms with Gasteiger partial charge in [0.1, 0.15) is 0 Å². The Bertz CT molecular complexity index is 1100. The van der Waals surface area contributed by atoms with E-state index in [-0.39, 0.29) is 16.6 Å². The average molecular weight is 472 g/mol. The zero-order valence-electron chi connectivity index (χ0n) is 16.2. The van der Waals surface area contributed by atoms with Crippen molar-refractivity contribution in [3.63, 3.8) is 0 Å². The highest BCUT2D eigenvalue weighted by molar-refractivity contribution is 9.10. The van der Waals surface area contributed by atoms with Gasteiger partial charge in [0.05, 0.1) is 16.1 Å². The van der Waals surface area contributed by atoms with Gasteiger partial charge in [0.15, 0.2) is 9.84 Å². The zero-order valence-corrected chi connectivity index (χ0v) is 18.6. The molecule has 0 aromatic heterocycles. The summed E-state index contributed by atoms with van der Waals surface area (Å²) < 4.78 is 27.1. The van der Waals surface area contributed by atoms with Gasteiger partial charge in [-0.1, -0.05) is 64.0 Å². The molecule has 4 nitrogen and oxygen atoms in total. The third-order valence-electron chi connectivity index (χ3n) is 4.87. The van der Waals surface area contributed by atoms with E-state index in [1.54, 1.807) is 49.4 Å². The predicted octanol–water partition coefficient (Wildman–Crippen LogP) is 5.13. The molecular weight excluding hydrogens is 450 g/mol. The highest BCUT2D eigenvalue weighted by Gasteiger charge is 2.40. The Morgan fingerprint density at radius 2 is 1.52 bits per heavy atom.